The van der Waals surface area contributed by atoms with Gasteiger partial charge in [0.25, 0.3) is 0 Å². The number of rotatable bonds is 3. The molecule has 0 aromatic rings. The van der Waals surface area contributed by atoms with Gasteiger partial charge >= 0.3 is 0 Å². The lowest BCUT2D eigenvalue weighted by molar-refractivity contribution is 0.957. The van der Waals surface area contributed by atoms with Crippen LogP contribution in [-0.4, -0.2) is 5.75 Å². The Bertz CT molecular complexity index is 48.1. The summed E-state index contributed by atoms with van der Waals surface area (Å²) in [6, 6.07) is 0. The van der Waals surface area contributed by atoms with Crippen LogP contribution in [0.5, 0.6) is 0 Å². The Morgan fingerprint density at radius 3 is 2.57 bits per heavy atom. The first-order valence-corrected chi connectivity index (χ1v) is 3.22. The third kappa shape index (κ3) is 6.09. The fraction of sp³-hybridized carbons (Fsp3) is 0.667. The highest BCUT2D eigenvalue weighted by Gasteiger charge is 1.68. The van der Waals surface area contributed by atoms with E-state index in [4.69, 9.17) is 0 Å². The van der Waals surface area contributed by atoms with Gasteiger partial charge in [0.2, 0.25) is 0 Å². The fourth-order valence-corrected chi connectivity index (χ4v) is 0.489. The SMILES string of the molecule is CCC/C=C/C[S]. The predicted molar refractivity (Wildman–Crippen MR) is 36.5 cm³/mol. The Kier molecular flexibility index (Phi) is 6.17. The summed E-state index contributed by atoms with van der Waals surface area (Å²) >= 11 is 4.68. The second-order valence-corrected chi connectivity index (χ2v) is 1.76. The van der Waals surface area contributed by atoms with Crippen molar-refractivity contribution in [3.05, 3.63) is 12.2 Å². The standard InChI is InChI=1S/C6H11S/c1-2-3-4-5-6-7/h4-5H,2-3,6H2,1H3/b5-4+. The summed E-state index contributed by atoms with van der Waals surface area (Å²) in [5.41, 5.74) is 0. The molecule has 1 radical (unpaired) electrons. The Morgan fingerprint density at radius 2 is 2.14 bits per heavy atom. The van der Waals surface area contributed by atoms with Crippen LogP contribution in [0.3, 0.4) is 0 Å². The first-order valence-electron chi connectivity index (χ1n) is 2.65. The molecule has 0 aromatic carbocycles. The van der Waals surface area contributed by atoms with E-state index in [9.17, 15) is 0 Å². The molecule has 0 bridgehead atoms. The molecule has 0 aromatic heterocycles. The molecule has 0 aliphatic rings. The molecule has 0 amide bonds. The van der Waals surface area contributed by atoms with Gasteiger partial charge in [-0.25, -0.2) is 0 Å². The normalized spacial score (nSPS) is 10.6. The molecule has 0 rings (SSSR count). The van der Waals surface area contributed by atoms with Crippen LogP contribution in [0.2, 0.25) is 0 Å². The van der Waals surface area contributed by atoms with Crippen LogP contribution >= 0.6 is 12.6 Å². The van der Waals surface area contributed by atoms with Crippen LogP contribution in [0.25, 0.3) is 0 Å². The molecule has 0 fully saturated rings. The first-order chi connectivity index (χ1) is 3.41. The summed E-state index contributed by atoms with van der Waals surface area (Å²) < 4.78 is 0. The van der Waals surface area contributed by atoms with E-state index < -0.39 is 0 Å². The number of allylic oxidation sites excluding steroid dienone is 1. The highest BCUT2D eigenvalue weighted by molar-refractivity contribution is 7.80. The van der Waals surface area contributed by atoms with Gasteiger partial charge in [-0.05, 0) is 6.42 Å². The van der Waals surface area contributed by atoms with Gasteiger partial charge in [0.05, 0.1) is 0 Å². The van der Waals surface area contributed by atoms with Gasteiger partial charge < -0.3 is 0 Å². The van der Waals surface area contributed by atoms with Gasteiger partial charge in [0.1, 0.15) is 0 Å². The minimum atomic E-state index is 0.764. The van der Waals surface area contributed by atoms with Crippen LogP contribution < -0.4 is 0 Å². The average molecular weight is 115 g/mol. The van der Waals surface area contributed by atoms with Crippen LogP contribution in [0.15, 0.2) is 12.2 Å². The molecule has 0 saturated carbocycles. The van der Waals surface area contributed by atoms with Crippen molar-refractivity contribution >= 4 is 12.6 Å². The molecule has 0 N–H and O–H groups in total. The second-order valence-electron chi connectivity index (χ2n) is 1.43. The molecule has 0 saturated heterocycles. The van der Waals surface area contributed by atoms with Crippen LogP contribution in [0.4, 0.5) is 0 Å². The summed E-state index contributed by atoms with van der Waals surface area (Å²) in [7, 11) is 0. The van der Waals surface area contributed by atoms with Crippen molar-refractivity contribution in [3.8, 4) is 0 Å². The maximum atomic E-state index is 4.68. The summed E-state index contributed by atoms with van der Waals surface area (Å²) in [5, 5.41) is 0. The Hall–Kier alpha value is 0.0900. The molecule has 0 unspecified atom stereocenters. The number of unbranched alkanes of at least 4 members (excludes halogenated alkanes) is 1. The highest BCUT2D eigenvalue weighted by Crippen LogP contribution is 1.87. The van der Waals surface area contributed by atoms with Crippen LogP contribution in [0, 0.1) is 0 Å². The van der Waals surface area contributed by atoms with Crippen molar-refractivity contribution in [2.24, 2.45) is 0 Å². The molecule has 1 heteroatoms. The average Bonchev–Trinajstić information content (AvgIpc) is 1.69. The minimum Gasteiger partial charge on any atom is -0.0897 e. The fourth-order valence-electron chi connectivity index (χ4n) is 0.353. The van der Waals surface area contributed by atoms with Gasteiger partial charge in [-0.2, -0.15) is 0 Å². The third-order valence-corrected chi connectivity index (χ3v) is 0.911. The summed E-state index contributed by atoms with van der Waals surface area (Å²) in [4.78, 5) is 0. The molecule has 7 heavy (non-hydrogen) atoms. The lowest BCUT2D eigenvalue weighted by Gasteiger charge is -1.78. The first kappa shape index (κ1) is 7.09. The highest BCUT2D eigenvalue weighted by atomic mass is 32.1. The Balaban J connectivity index is 2.78. The van der Waals surface area contributed by atoms with E-state index >= 15 is 0 Å². The van der Waals surface area contributed by atoms with Gasteiger partial charge in [-0.1, -0.05) is 38.1 Å². The van der Waals surface area contributed by atoms with Gasteiger partial charge in [0.15, 0.2) is 0 Å². The van der Waals surface area contributed by atoms with Crippen LogP contribution in [0.1, 0.15) is 19.8 Å². The smallest absolute Gasteiger partial charge is 0.0217 e. The van der Waals surface area contributed by atoms with Crippen molar-refractivity contribution < 1.29 is 0 Å². The van der Waals surface area contributed by atoms with Crippen molar-refractivity contribution in [1.29, 1.82) is 0 Å². The maximum Gasteiger partial charge on any atom is 0.0217 e. The summed E-state index contributed by atoms with van der Waals surface area (Å²) in [5.74, 6) is 0.764. The Labute approximate surface area is 51.0 Å². The van der Waals surface area contributed by atoms with E-state index in [0.29, 0.717) is 0 Å². The molecule has 0 heterocycles. The third-order valence-electron chi connectivity index (χ3n) is 0.718. The van der Waals surface area contributed by atoms with E-state index in [2.05, 4.69) is 25.6 Å². The molecule has 41 valence electrons. The minimum absolute atomic E-state index is 0.764. The van der Waals surface area contributed by atoms with E-state index in [-0.39, 0.29) is 0 Å². The molecule has 0 nitrogen and oxygen atoms in total. The molecule has 0 atom stereocenters. The monoisotopic (exact) mass is 115 g/mol. The quantitative estimate of drug-likeness (QED) is 0.496. The lowest BCUT2D eigenvalue weighted by atomic mass is 10.3. The van der Waals surface area contributed by atoms with Crippen molar-refractivity contribution in [2.45, 2.75) is 19.8 Å². The van der Waals surface area contributed by atoms with Gasteiger partial charge in [-0.3, -0.25) is 0 Å². The molecule has 0 aliphatic carbocycles. The van der Waals surface area contributed by atoms with Crippen molar-refractivity contribution in [3.63, 3.8) is 0 Å². The summed E-state index contributed by atoms with van der Waals surface area (Å²) in [6.07, 6.45) is 6.56. The van der Waals surface area contributed by atoms with Crippen molar-refractivity contribution in [2.75, 3.05) is 5.75 Å². The summed E-state index contributed by atoms with van der Waals surface area (Å²) in [6.45, 7) is 2.16. The molecular formula is C6H11S. The topological polar surface area (TPSA) is 0 Å². The molecule has 0 spiro atoms. The van der Waals surface area contributed by atoms with E-state index in [1.165, 1.54) is 12.8 Å². The predicted octanol–water partition coefficient (Wildman–Crippen LogP) is 2.54. The van der Waals surface area contributed by atoms with E-state index in [1.54, 1.807) is 0 Å². The van der Waals surface area contributed by atoms with Crippen molar-refractivity contribution in [1.82, 2.24) is 0 Å². The Morgan fingerprint density at radius 1 is 1.43 bits per heavy atom. The zero-order chi connectivity index (χ0) is 5.54. The lowest BCUT2D eigenvalue weighted by Crippen LogP contribution is -1.61. The number of hydrogen-bond donors (Lipinski definition) is 0. The van der Waals surface area contributed by atoms with Gasteiger partial charge in [0, 0.05) is 5.75 Å². The van der Waals surface area contributed by atoms with Gasteiger partial charge in [-0.15, -0.1) is 0 Å². The number of hydrogen-bond acceptors (Lipinski definition) is 0. The molecule has 0 aliphatic heterocycles. The van der Waals surface area contributed by atoms with E-state index in [0.717, 1.165) is 5.75 Å². The molecular weight excluding hydrogens is 104 g/mol. The van der Waals surface area contributed by atoms with E-state index in [1.807, 2.05) is 6.08 Å². The maximum absolute atomic E-state index is 4.68. The second kappa shape index (κ2) is 6.09. The van der Waals surface area contributed by atoms with Crippen LogP contribution in [-0.2, 0) is 0 Å². The zero-order valence-corrected chi connectivity index (χ0v) is 5.50. The largest absolute Gasteiger partial charge is 0.0897 e. The zero-order valence-electron chi connectivity index (χ0n) is 4.68.